The molecule has 0 unspecified atom stereocenters. The molecule has 12 rings (SSSR count). The summed E-state index contributed by atoms with van der Waals surface area (Å²) in [6, 6.07) is 64.9. The van der Waals surface area contributed by atoms with Crippen LogP contribution in [0.15, 0.2) is 182 Å². The second kappa shape index (κ2) is 12.8. The molecule has 0 aliphatic rings. The van der Waals surface area contributed by atoms with E-state index in [0.717, 1.165) is 38.1 Å². The average Bonchev–Trinajstić information content (AvgIpc) is 3.96. The lowest BCUT2D eigenvalue weighted by molar-refractivity contribution is 1.08. The number of aromatic nitrogens is 4. The van der Waals surface area contributed by atoms with Gasteiger partial charge in [-0.3, -0.25) is 0 Å². The van der Waals surface area contributed by atoms with Gasteiger partial charge >= 0.3 is 0 Å². The third kappa shape index (κ3) is 5.15. The van der Waals surface area contributed by atoms with Crippen LogP contribution in [0.5, 0.6) is 0 Å². The molecule has 266 valence electrons. The maximum Gasteiger partial charge on any atom is 0.165 e. The van der Waals surface area contributed by atoms with Crippen molar-refractivity contribution < 1.29 is 0 Å². The first-order valence-electron chi connectivity index (χ1n) is 19.0. The summed E-state index contributed by atoms with van der Waals surface area (Å²) in [5, 5.41) is 7.32. The van der Waals surface area contributed by atoms with E-state index >= 15 is 0 Å². The Labute approximate surface area is 335 Å². The Kier molecular flexibility index (Phi) is 7.24. The van der Waals surface area contributed by atoms with Crippen molar-refractivity contribution >= 4 is 84.8 Å². The monoisotopic (exact) mass is 762 g/mol. The highest BCUT2D eigenvalue weighted by Crippen LogP contribution is 2.46. The van der Waals surface area contributed by atoms with E-state index in [1.54, 1.807) is 11.3 Å². The van der Waals surface area contributed by atoms with Gasteiger partial charge in [-0.05, 0) is 65.7 Å². The molecule has 0 fully saturated rings. The first kappa shape index (κ1) is 32.3. The van der Waals surface area contributed by atoms with Gasteiger partial charge in [-0.15, -0.1) is 22.7 Å². The summed E-state index contributed by atoms with van der Waals surface area (Å²) < 4.78 is 7.29. The maximum absolute atomic E-state index is 5.40. The van der Waals surface area contributed by atoms with Crippen molar-refractivity contribution in [2.45, 2.75) is 0 Å². The van der Waals surface area contributed by atoms with E-state index in [2.05, 4.69) is 168 Å². The fraction of sp³-hybridized carbons (Fsp3) is 0. The Hall–Kier alpha value is -6.99. The minimum atomic E-state index is 0.646. The number of para-hydroxylation sites is 2. The second-order valence-electron chi connectivity index (χ2n) is 14.4. The van der Waals surface area contributed by atoms with Crippen LogP contribution in [0.2, 0.25) is 0 Å². The molecule has 12 aromatic rings. The van der Waals surface area contributed by atoms with Gasteiger partial charge in [-0.1, -0.05) is 127 Å². The first-order chi connectivity index (χ1) is 28.2. The van der Waals surface area contributed by atoms with Gasteiger partial charge in [-0.2, -0.15) is 0 Å². The smallest absolute Gasteiger partial charge is 0.165 e. The van der Waals surface area contributed by atoms with E-state index in [4.69, 9.17) is 15.0 Å². The lowest BCUT2D eigenvalue weighted by Crippen LogP contribution is -2.01. The molecule has 0 spiro atoms. The summed E-state index contributed by atoms with van der Waals surface area (Å²) in [5.74, 6) is 1.94. The zero-order valence-electron chi connectivity index (χ0n) is 30.4. The molecule has 0 atom stereocenters. The topological polar surface area (TPSA) is 43.6 Å². The Morgan fingerprint density at radius 1 is 0.351 bits per heavy atom. The van der Waals surface area contributed by atoms with Crippen LogP contribution in [0.1, 0.15) is 0 Å². The fourth-order valence-corrected chi connectivity index (χ4v) is 10.8. The van der Waals surface area contributed by atoms with Crippen molar-refractivity contribution in [1.82, 2.24) is 19.5 Å². The van der Waals surface area contributed by atoms with Gasteiger partial charge in [0.1, 0.15) is 0 Å². The summed E-state index contributed by atoms with van der Waals surface area (Å²) in [4.78, 5) is 15.9. The molecule has 0 N–H and O–H groups in total. The summed E-state index contributed by atoms with van der Waals surface area (Å²) >= 11 is 3.62. The molecule has 0 aliphatic carbocycles. The highest BCUT2D eigenvalue weighted by atomic mass is 32.1. The van der Waals surface area contributed by atoms with E-state index in [1.165, 1.54) is 57.5 Å². The molecule has 6 heteroatoms. The molecule has 0 amide bonds. The molecule has 0 saturated heterocycles. The molecular formula is C51H30N4S2. The van der Waals surface area contributed by atoms with E-state index in [-0.39, 0.29) is 0 Å². The molecular weight excluding hydrogens is 733 g/mol. The Morgan fingerprint density at radius 3 is 1.70 bits per heavy atom. The number of hydrogen-bond acceptors (Lipinski definition) is 5. The Bertz CT molecular complexity index is 3470. The van der Waals surface area contributed by atoms with Gasteiger partial charge in [0, 0.05) is 73.5 Å². The highest BCUT2D eigenvalue weighted by Gasteiger charge is 2.22. The van der Waals surface area contributed by atoms with E-state index < -0.39 is 0 Å². The van der Waals surface area contributed by atoms with Crippen molar-refractivity contribution in [2.75, 3.05) is 0 Å². The number of benzene rings is 8. The van der Waals surface area contributed by atoms with Crippen molar-refractivity contribution in [3.05, 3.63) is 182 Å². The van der Waals surface area contributed by atoms with Gasteiger partial charge in [0.05, 0.1) is 11.0 Å². The van der Waals surface area contributed by atoms with Crippen LogP contribution >= 0.6 is 22.7 Å². The number of thiophene rings is 2. The third-order valence-electron chi connectivity index (χ3n) is 11.0. The fourth-order valence-electron chi connectivity index (χ4n) is 8.47. The van der Waals surface area contributed by atoms with E-state index in [0.29, 0.717) is 17.5 Å². The largest absolute Gasteiger partial charge is 0.309 e. The van der Waals surface area contributed by atoms with Crippen LogP contribution in [0, 0.1) is 0 Å². The SMILES string of the molecule is c1ccc(-c2nc(-c3ccc4sc5ccccc5c4c3)nc(-c3cc(-n4c5ccccc5c5ccccc54)cc4c3sc3cccc(-c5ccccc5)c34)n2)cc1. The summed E-state index contributed by atoms with van der Waals surface area (Å²) in [7, 11) is 0. The summed E-state index contributed by atoms with van der Waals surface area (Å²) in [6.45, 7) is 0. The molecule has 4 aromatic heterocycles. The van der Waals surface area contributed by atoms with Crippen molar-refractivity contribution in [2.24, 2.45) is 0 Å². The van der Waals surface area contributed by atoms with Crippen LogP contribution < -0.4 is 0 Å². The lowest BCUT2D eigenvalue weighted by Gasteiger charge is -2.13. The van der Waals surface area contributed by atoms with Crippen molar-refractivity contribution in [3.63, 3.8) is 0 Å². The number of rotatable bonds is 5. The summed E-state index contributed by atoms with van der Waals surface area (Å²) in [6.07, 6.45) is 0. The predicted molar refractivity (Wildman–Crippen MR) is 242 cm³/mol. The molecule has 8 aromatic carbocycles. The van der Waals surface area contributed by atoms with E-state index in [9.17, 15) is 0 Å². The van der Waals surface area contributed by atoms with Gasteiger partial charge in [-0.25, -0.2) is 15.0 Å². The van der Waals surface area contributed by atoms with Crippen LogP contribution in [-0.2, 0) is 0 Å². The van der Waals surface area contributed by atoms with Gasteiger partial charge in [0.25, 0.3) is 0 Å². The standard InChI is InChI=1S/C51H30N4S2/c1-3-14-31(15-4-1)35-21-13-25-46-47(35)40-29-34(55-42-22-10-7-18-36(42)37-19-8-11-23-43(37)55)30-41(48(40)57-46)51-53-49(32-16-5-2-6-17-32)52-50(54-51)33-26-27-45-39(28-33)38-20-9-12-24-44(38)56-45/h1-30H. The van der Waals surface area contributed by atoms with Crippen LogP contribution in [0.3, 0.4) is 0 Å². The first-order valence-corrected chi connectivity index (χ1v) is 20.7. The van der Waals surface area contributed by atoms with Crippen LogP contribution in [0.25, 0.3) is 113 Å². The molecule has 4 heterocycles. The second-order valence-corrected chi connectivity index (χ2v) is 16.5. The quantitative estimate of drug-likeness (QED) is 0.175. The number of fused-ring (bicyclic) bond motifs is 9. The molecule has 57 heavy (non-hydrogen) atoms. The third-order valence-corrected chi connectivity index (χ3v) is 13.4. The van der Waals surface area contributed by atoms with Crippen molar-refractivity contribution in [1.29, 1.82) is 0 Å². The molecule has 0 bridgehead atoms. The van der Waals surface area contributed by atoms with Crippen molar-refractivity contribution in [3.8, 4) is 51.0 Å². The lowest BCUT2D eigenvalue weighted by atomic mass is 9.98. The number of hydrogen-bond donors (Lipinski definition) is 0. The summed E-state index contributed by atoms with van der Waals surface area (Å²) in [5.41, 5.74) is 8.67. The van der Waals surface area contributed by atoms with Gasteiger partial charge < -0.3 is 4.57 Å². The highest BCUT2D eigenvalue weighted by molar-refractivity contribution is 7.26. The molecule has 0 radical (unpaired) electrons. The van der Waals surface area contributed by atoms with Crippen LogP contribution in [0.4, 0.5) is 0 Å². The molecule has 0 saturated carbocycles. The van der Waals surface area contributed by atoms with Crippen LogP contribution in [-0.4, -0.2) is 19.5 Å². The average molecular weight is 763 g/mol. The molecule has 0 aliphatic heterocycles. The molecule has 4 nitrogen and oxygen atoms in total. The Morgan fingerprint density at radius 2 is 0.947 bits per heavy atom. The zero-order chi connectivity index (χ0) is 37.5. The van der Waals surface area contributed by atoms with Gasteiger partial charge in [0.15, 0.2) is 17.5 Å². The minimum Gasteiger partial charge on any atom is -0.309 e. The number of nitrogens with zero attached hydrogens (tertiary/aromatic N) is 4. The van der Waals surface area contributed by atoms with Gasteiger partial charge in [0.2, 0.25) is 0 Å². The minimum absolute atomic E-state index is 0.646. The normalized spacial score (nSPS) is 11.9. The van der Waals surface area contributed by atoms with E-state index in [1.807, 2.05) is 29.5 Å². The predicted octanol–water partition coefficient (Wildman–Crippen LogP) is 14.4. The zero-order valence-corrected chi connectivity index (χ0v) is 32.1. The Balaban J connectivity index is 1.19. The maximum atomic E-state index is 5.40.